The second-order valence-electron chi connectivity index (χ2n) is 3.38. The zero-order valence-corrected chi connectivity index (χ0v) is 10.2. The topological polar surface area (TPSA) is 51.2 Å². The van der Waals surface area contributed by atoms with Crippen molar-refractivity contribution in [2.24, 2.45) is 5.84 Å². The van der Waals surface area contributed by atoms with E-state index in [0.29, 0.717) is 10.4 Å². The Hall–Kier alpha value is -1.24. The summed E-state index contributed by atoms with van der Waals surface area (Å²) in [7, 11) is 0. The van der Waals surface area contributed by atoms with Gasteiger partial charge >= 0.3 is 0 Å². The molecule has 0 saturated carbocycles. The molecule has 6 heteroatoms. The molecule has 0 aliphatic rings. The maximum atomic E-state index is 13.6. The first-order valence-electron chi connectivity index (χ1n) is 4.78. The van der Waals surface area contributed by atoms with Crippen LogP contribution in [-0.4, -0.2) is 0 Å². The Morgan fingerprint density at radius 3 is 2.29 bits per heavy atom. The lowest BCUT2D eigenvalue weighted by Crippen LogP contribution is -2.30. The third-order valence-electron chi connectivity index (χ3n) is 2.33. The van der Waals surface area contributed by atoms with Gasteiger partial charge in [0.1, 0.15) is 23.4 Å². The van der Waals surface area contributed by atoms with E-state index in [1.807, 2.05) is 0 Å². The molecule has 0 spiro atoms. The van der Waals surface area contributed by atoms with Crippen LogP contribution < -0.4 is 11.3 Å². The first-order valence-corrected chi connectivity index (χ1v) is 5.58. The van der Waals surface area contributed by atoms with Gasteiger partial charge < -0.3 is 4.42 Å². The van der Waals surface area contributed by atoms with E-state index < -0.39 is 17.7 Å². The molecule has 90 valence electrons. The third kappa shape index (κ3) is 2.38. The molecule has 0 bridgehead atoms. The summed E-state index contributed by atoms with van der Waals surface area (Å²) < 4.78 is 32.9. The molecular formula is C11H9BrF2N2O. The van der Waals surface area contributed by atoms with Crippen LogP contribution in [0.4, 0.5) is 8.78 Å². The molecule has 1 unspecified atom stereocenters. The van der Waals surface area contributed by atoms with Crippen LogP contribution in [0.2, 0.25) is 0 Å². The Morgan fingerprint density at radius 2 is 1.82 bits per heavy atom. The van der Waals surface area contributed by atoms with Crippen LogP contribution in [0, 0.1) is 11.6 Å². The smallest absolute Gasteiger partial charge is 0.169 e. The van der Waals surface area contributed by atoms with Gasteiger partial charge in [0, 0.05) is 5.56 Å². The zero-order valence-electron chi connectivity index (χ0n) is 8.58. The van der Waals surface area contributed by atoms with Crippen molar-refractivity contribution in [2.75, 3.05) is 0 Å². The Labute approximate surface area is 105 Å². The van der Waals surface area contributed by atoms with Crippen molar-refractivity contribution in [3.05, 3.63) is 58.0 Å². The van der Waals surface area contributed by atoms with E-state index in [0.717, 1.165) is 0 Å². The second-order valence-corrected chi connectivity index (χ2v) is 4.16. The largest absolute Gasteiger partial charge is 0.452 e. The van der Waals surface area contributed by atoms with Crippen LogP contribution in [-0.2, 0) is 0 Å². The van der Waals surface area contributed by atoms with E-state index in [1.165, 1.54) is 18.2 Å². The summed E-state index contributed by atoms with van der Waals surface area (Å²) in [4.78, 5) is 0. The van der Waals surface area contributed by atoms with Crippen LogP contribution >= 0.6 is 15.9 Å². The SMILES string of the molecule is NNC(c1ccc(Br)o1)c1c(F)cccc1F. The highest BCUT2D eigenvalue weighted by Gasteiger charge is 2.23. The van der Waals surface area contributed by atoms with E-state index in [4.69, 9.17) is 10.3 Å². The van der Waals surface area contributed by atoms with E-state index in [-0.39, 0.29) is 5.56 Å². The first-order chi connectivity index (χ1) is 8.13. The van der Waals surface area contributed by atoms with Gasteiger partial charge in [-0.2, -0.15) is 0 Å². The van der Waals surface area contributed by atoms with Crippen molar-refractivity contribution >= 4 is 15.9 Å². The predicted octanol–water partition coefficient (Wildman–Crippen LogP) is 2.87. The molecular weight excluding hydrogens is 294 g/mol. The summed E-state index contributed by atoms with van der Waals surface area (Å²) in [6.45, 7) is 0. The Bertz CT molecular complexity index is 510. The zero-order chi connectivity index (χ0) is 12.4. The van der Waals surface area contributed by atoms with Gasteiger partial charge in [-0.1, -0.05) is 6.07 Å². The number of hydrogen-bond donors (Lipinski definition) is 2. The van der Waals surface area contributed by atoms with Gasteiger partial charge in [0.2, 0.25) is 0 Å². The molecule has 3 nitrogen and oxygen atoms in total. The van der Waals surface area contributed by atoms with Crippen LogP contribution in [0.15, 0.2) is 39.4 Å². The fourth-order valence-corrected chi connectivity index (χ4v) is 1.90. The highest BCUT2D eigenvalue weighted by Crippen LogP contribution is 2.28. The Morgan fingerprint density at radius 1 is 1.18 bits per heavy atom. The number of hydrogen-bond acceptors (Lipinski definition) is 3. The van der Waals surface area contributed by atoms with Crippen molar-refractivity contribution in [1.82, 2.24) is 5.43 Å². The van der Waals surface area contributed by atoms with Gasteiger partial charge in [-0.15, -0.1) is 0 Å². The van der Waals surface area contributed by atoms with E-state index in [1.54, 1.807) is 12.1 Å². The molecule has 1 aromatic carbocycles. The van der Waals surface area contributed by atoms with Gasteiger partial charge in [-0.3, -0.25) is 5.84 Å². The van der Waals surface area contributed by atoms with E-state index in [2.05, 4.69) is 21.4 Å². The average molecular weight is 303 g/mol. The fraction of sp³-hybridized carbons (Fsp3) is 0.0909. The van der Waals surface area contributed by atoms with Gasteiger partial charge in [0.25, 0.3) is 0 Å². The van der Waals surface area contributed by atoms with Crippen LogP contribution in [0.1, 0.15) is 17.4 Å². The van der Waals surface area contributed by atoms with Gasteiger partial charge in [0.15, 0.2) is 4.67 Å². The highest BCUT2D eigenvalue weighted by atomic mass is 79.9. The molecule has 1 heterocycles. The highest BCUT2D eigenvalue weighted by molar-refractivity contribution is 9.10. The monoisotopic (exact) mass is 302 g/mol. The molecule has 0 fully saturated rings. The third-order valence-corrected chi connectivity index (χ3v) is 2.76. The number of nitrogens with one attached hydrogen (secondary N) is 1. The van der Waals surface area contributed by atoms with Crippen molar-refractivity contribution in [3.8, 4) is 0 Å². The predicted molar refractivity (Wildman–Crippen MR) is 61.9 cm³/mol. The first kappa shape index (κ1) is 12.2. The normalized spacial score (nSPS) is 12.7. The molecule has 0 saturated heterocycles. The van der Waals surface area contributed by atoms with Gasteiger partial charge in [-0.25, -0.2) is 14.2 Å². The minimum absolute atomic E-state index is 0.170. The molecule has 2 rings (SSSR count). The minimum atomic E-state index is -0.873. The number of benzene rings is 1. The maximum absolute atomic E-state index is 13.6. The average Bonchev–Trinajstić information content (AvgIpc) is 2.70. The summed E-state index contributed by atoms with van der Waals surface area (Å²) in [5.74, 6) is 4.29. The molecule has 17 heavy (non-hydrogen) atoms. The molecule has 3 N–H and O–H groups in total. The van der Waals surface area contributed by atoms with Gasteiger partial charge in [0.05, 0.1) is 0 Å². The maximum Gasteiger partial charge on any atom is 0.169 e. The molecule has 1 atom stereocenters. The number of furan rings is 1. The van der Waals surface area contributed by atoms with Gasteiger partial charge in [-0.05, 0) is 40.2 Å². The summed E-state index contributed by atoms with van der Waals surface area (Å²) in [5, 5.41) is 0. The number of hydrazine groups is 1. The number of rotatable bonds is 3. The van der Waals surface area contributed by atoms with Crippen molar-refractivity contribution in [2.45, 2.75) is 6.04 Å². The Balaban J connectivity index is 2.49. The van der Waals surface area contributed by atoms with Crippen molar-refractivity contribution < 1.29 is 13.2 Å². The number of halogens is 3. The van der Waals surface area contributed by atoms with E-state index in [9.17, 15) is 8.78 Å². The summed E-state index contributed by atoms with van der Waals surface area (Å²) >= 11 is 3.12. The summed E-state index contributed by atoms with van der Waals surface area (Å²) in [5.41, 5.74) is 2.17. The molecule has 2 aromatic rings. The standard InChI is InChI=1S/C11H9BrF2N2O/c12-9-5-4-8(17-9)11(16-15)10-6(13)2-1-3-7(10)14/h1-5,11,16H,15H2. The van der Waals surface area contributed by atoms with Crippen molar-refractivity contribution in [3.63, 3.8) is 0 Å². The van der Waals surface area contributed by atoms with E-state index >= 15 is 0 Å². The molecule has 0 amide bonds. The lowest BCUT2D eigenvalue weighted by molar-refractivity contribution is 0.416. The number of nitrogens with two attached hydrogens (primary N) is 1. The second kappa shape index (κ2) is 4.95. The quantitative estimate of drug-likeness (QED) is 0.677. The summed E-state index contributed by atoms with van der Waals surface area (Å²) in [6.07, 6.45) is 0. The summed E-state index contributed by atoms with van der Waals surface area (Å²) in [6, 6.07) is 5.96. The van der Waals surface area contributed by atoms with Crippen LogP contribution in [0.5, 0.6) is 0 Å². The van der Waals surface area contributed by atoms with Crippen LogP contribution in [0.25, 0.3) is 0 Å². The molecule has 0 aliphatic heterocycles. The minimum Gasteiger partial charge on any atom is -0.452 e. The fourth-order valence-electron chi connectivity index (χ4n) is 1.58. The van der Waals surface area contributed by atoms with Crippen LogP contribution in [0.3, 0.4) is 0 Å². The molecule has 0 aliphatic carbocycles. The lowest BCUT2D eigenvalue weighted by Gasteiger charge is -2.15. The Kier molecular flexibility index (Phi) is 3.56. The lowest BCUT2D eigenvalue weighted by atomic mass is 10.0. The molecule has 1 aromatic heterocycles. The molecule has 0 radical (unpaired) electrons. The van der Waals surface area contributed by atoms with Crippen molar-refractivity contribution in [1.29, 1.82) is 0 Å².